The SMILES string of the molecule is CCCCCCCCCCOC(=O)/C=C\C(=O)OCCN(CC)CC. The quantitative estimate of drug-likeness (QED) is 0.237. The van der Waals surface area contributed by atoms with Gasteiger partial charge in [-0.25, -0.2) is 9.59 Å². The van der Waals surface area contributed by atoms with E-state index in [2.05, 4.69) is 25.7 Å². The van der Waals surface area contributed by atoms with Gasteiger partial charge in [-0.3, -0.25) is 0 Å². The van der Waals surface area contributed by atoms with Gasteiger partial charge in [0.25, 0.3) is 0 Å². The van der Waals surface area contributed by atoms with Crippen LogP contribution in [0.2, 0.25) is 0 Å². The molecule has 0 saturated carbocycles. The summed E-state index contributed by atoms with van der Waals surface area (Å²) in [5.74, 6) is -0.986. The lowest BCUT2D eigenvalue weighted by molar-refractivity contribution is -0.140. The van der Waals surface area contributed by atoms with Gasteiger partial charge in [0.2, 0.25) is 0 Å². The van der Waals surface area contributed by atoms with E-state index >= 15 is 0 Å². The summed E-state index contributed by atoms with van der Waals surface area (Å²) in [7, 11) is 0. The Balaban J connectivity index is 3.57. The molecule has 25 heavy (non-hydrogen) atoms. The molecule has 0 unspecified atom stereocenters. The zero-order valence-corrected chi connectivity index (χ0v) is 16.4. The number of likely N-dealkylation sites (N-methyl/N-ethyl adjacent to an activating group) is 1. The number of esters is 2. The standard InChI is InChI=1S/C20H37NO4/c1-4-7-8-9-10-11-12-13-17-24-19(22)14-15-20(23)25-18-16-21(5-2)6-3/h14-15H,4-13,16-18H2,1-3H3/b15-14-. The molecule has 0 N–H and O–H groups in total. The maximum absolute atomic E-state index is 11.5. The normalized spacial score (nSPS) is 11.2. The minimum atomic E-state index is -0.504. The average molecular weight is 356 g/mol. The monoisotopic (exact) mass is 355 g/mol. The van der Waals surface area contributed by atoms with Crippen LogP contribution in [0, 0.1) is 0 Å². The molecular formula is C20H37NO4. The second-order valence-electron chi connectivity index (χ2n) is 6.17. The third kappa shape index (κ3) is 15.9. The Bertz CT molecular complexity index is 365. The molecule has 0 aromatic rings. The summed E-state index contributed by atoms with van der Waals surface area (Å²) in [5.41, 5.74) is 0. The zero-order valence-electron chi connectivity index (χ0n) is 16.4. The van der Waals surface area contributed by atoms with E-state index in [9.17, 15) is 9.59 Å². The molecule has 146 valence electrons. The smallest absolute Gasteiger partial charge is 0.331 e. The van der Waals surface area contributed by atoms with Gasteiger partial charge < -0.3 is 14.4 Å². The van der Waals surface area contributed by atoms with Crippen molar-refractivity contribution in [3.8, 4) is 0 Å². The Labute approximate surface area is 153 Å². The van der Waals surface area contributed by atoms with Crippen molar-refractivity contribution in [1.82, 2.24) is 4.90 Å². The largest absolute Gasteiger partial charge is 0.463 e. The molecule has 0 aromatic carbocycles. The lowest BCUT2D eigenvalue weighted by atomic mass is 10.1. The van der Waals surface area contributed by atoms with E-state index in [1.54, 1.807) is 0 Å². The van der Waals surface area contributed by atoms with Crippen LogP contribution in [0.25, 0.3) is 0 Å². The van der Waals surface area contributed by atoms with Crippen molar-refractivity contribution in [2.24, 2.45) is 0 Å². The summed E-state index contributed by atoms with van der Waals surface area (Å²) in [6.07, 6.45) is 11.9. The van der Waals surface area contributed by atoms with Crippen molar-refractivity contribution in [2.75, 3.05) is 32.8 Å². The number of hydrogen-bond acceptors (Lipinski definition) is 5. The van der Waals surface area contributed by atoms with Crippen LogP contribution in [0.4, 0.5) is 0 Å². The molecule has 0 radical (unpaired) electrons. The first-order valence-electron chi connectivity index (χ1n) is 9.87. The molecule has 0 fully saturated rings. The Kier molecular flexibility index (Phi) is 16.5. The van der Waals surface area contributed by atoms with E-state index in [-0.39, 0.29) is 0 Å². The molecule has 0 spiro atoms. The summed E-state index contributed by atoms with van der Waals surface area (Å²) < 4.78 is 10.1. The van der Waals surface area contributed by atoms with Crippen LogP contribution in [-0.4, -0.2) is 49.7 Å². The minimum Gasteiger partial charge on any atom is -0.463 e. The Hall–Kier alpha value is -1.36. The van der Waals surface area contributed by atoms with E-state index in [4.69, 9.17) is 9.47 Å². The van der Waals surface area contributed by atoms with Crippen molar-refractivity contribution in [3.05, 3.63) is 12.2 Å². The van der Waals surface area contributed by atoms with Gasteiger partial charge in [0.1, 0.15) is 6.61 Å². The average Bonchev–Trinajstić information content (AvgIpc) is 2.62. The highest BCUT2D eigenvalue weighted by molar-refractivity contribution is 5.91. The number of nitrogens with zero attached hydrogens (tertiary/aromatic N) is 1. The highest BCUT2D eigenvalue weighted by Crippen LogP contribution is 2.08. The number of carbonyl (C=O) groups is 2. The van der Waals surface area contributed by atoms with E-state index < -0.39 is 11.9 Å². The van der Waals surface area contributed by atoms with E-state index in [0.29, 0.717) is 19.8 Å². The van der Waals surface area contributed by atoms with Gasteiger partial charge in [0.15, 0.2) is 0 Å². The van der Waals surface area contributed by atoms with Crippen LogP contribution < -0.4 is 0 Å². The highest BCUT2D eigenvalue weighted by Gasteiger charge is 2.03. The molecule has 0 aliphatic carbocycles. The fraction of sp³-hybridized carbons (Fsp3) is 0.800. The summed E-state index contributed by atoms with van der Waals surface area (Å²) in [6, 6.07) is 0. The number of carbonyl (C=O) groups excluding carboxylic acids is 2. The van der Waals surface area contributed by atoms with Crippen LogP contribution in [-0.2, 0) is 19.1 Å². The van der Waals surface area contributed by atoms with Crippen LogP contribution in [0.3, 0.4) is 0 Å². The van der Waals surface area contributed by atoms with Crippen molar-refractivity contribution >= 4 is 11.9 Å². The van der Waals surface area contributed by atoms with E-state index in [1.165, 1.54) is 38.5 Å². The number of unbranched alkanes of at least 4 members (excludes halogenated alkanes) is 7. The van der Waals surface area contributed by atoms with Crippen LogP contribution >= 0.6 is 0 Å². The fourth-order valence-electron chi connectivity index (χ4n) is 2.46. The molecule has 0 aromatic heterocycles. The second kappa shape index (κ2) is 17.5. The topological polar surface area (TPSA) is 55.8 Å². The highest BCUT2D eigenvalue weighted by atomic mass is 16.5. The number of ether oxygens (including phenoxy) is 2. The Morgan fingerprint density at radius 2 is 1.20 bits per heavy atom. The van der Waals surface area contributed by atoms with Gasteiger partial charge >= 0.3 is 11.9 Å². The van der Waals surface area contributed by atoms with Crippen molar-refractivity contribution in [1.29, 1.82) is 0 Å². The molecular weight excluding hydrogens is 318 g/mol. The summed E-state index contributed by atoms with van der Waals surface area (Å²) in [6.45, 7) is 9.64. The van der Waals surface area contributed by atoms with Crippen molar-refractivity contribution in [3.63, 3.8) is 0 Å². The molecule has 0 bridgehead atoms. The lowest BCUT2D eigenvalue weighted by Crippen LogP contribution is -2.27. The molecule has 0 aliphatic rings. The van der Waals surface area contributed by atoms with Gasteiger partial charge in [-0.15, -0.1) is 0 Å². The van der Waals surface area contributed by atoms with Gasteiger partial charge in [-0.1, -0.05) is 65.7 Å². The predicted octanol–water partition coefficient (Wildman–Crippen LogP) is 4.11. The maximum atomic E-state index is 11.5. The molecule has 0 aliphatic heterocycles. The molecule has 0 atom stereocenters. The van der Waals surface area contributed by atoms with Gasteiger partial charge in [-0.2, -0.15) is 0 Å². The third-order valence-corrected chi connectivity index (χ3v) is 4.14. The maximum Gasteiger partial charge on any atom is 0.331 e. The first-order valence-corrected chi connectivity index (χ1v) is 9.87. The minimum absolute atomic E-state index is 0.332. The fourth-order valence-corrected chi connectivity index (χ4v) is 2.46. The van der Waals surface area contributed by atoms with Crippen LogP contribution in [0.15, 0.2) is 12.2 Å². The zero-order chi connectivity index (χ0) is 18.8. The van der Waals surface area contributed by atoms with E-state index in [0.717, 1.165) is 38.1 Å². The van der Waals surface area contributed by atoms with E-state index in [1.807, 2.05) is 0 Å². The second-order valence-corrected chi connectivity index (χ2v) is 6.17. The Morgan fingerprint density at radius 1 is 0.720 bits per heavy atom. The van der Waals surface area contributed by atoms with Gasteiger partial charge in [0.05, 0.1) is 6.61 Å². The number of hydrogen-bond donors (Lipinski definition) is 0. The van der Waals surface area contributed by atoms with Crippen molar-refractivity contribution < 1.29 is 19.1 Å². The number of rotatable bonds is 16. The third-order valence-electron chi connectivity index (χ3n) is 4.14. The van der Waals surface area contributed by atoms with Gasteiger partial charge in [0, 0.05) is 18.7 Å². The molecule has 0 amide bonds. The lowest BCUT2D eigenvalue weighted by Gasteiger charge is -2.16. The predicted molar refractivity (Wildman–Crippen MR) is 101 cm³/mol. The molecule has 0 rings (SSSR count). The van der Waals surface area contributed by atoms with Crippen LogP contribution in [0.1, 0.15) is 72.1 Å². The molecule has 0 saturated heterocycles. The summed E-state index contributed by atoms with van der Waals surface area (Å²) in [4.78, 5) is 25.2. The summed E-state index contributed by atoms with van der Waals surface area (Å²) in [5, 5.41) is 0. The van der Waals surface area contributed by atoms with Crippen molar-refractivity contribution in [2.45, 2.75) is 72.1 Å². The summed E-state index contributed by atoms with van der Waals surface area (Å²) >= 11 is 0. The first-order chi connectivity index (χ1) is 12.1. The molecule has 5 heteroatoms. The molecule has 0 heterocycles. The van der Waals surface area contributed by atoms with Crippen LogP contribution in [0.5, 0.6) is 0 Å². The first kappa shape index (κ1) is 23.6. The molecule has 5 nitrogen and oxygen atoms in total. The van der Waals surface area contributed by atoms with Gasteiger partial charge in [-0.05, 0) is 19.5 Å². The Morgan fingerprint density at radius 3 is 1.72 bits per heavy atom.